The Balaban J connectivity index is 1.87. The van der Waals surface area contributed by atoms with Crippen LogP contribution in [-0.4, -0.2) is 35.2 Å². The molecule has 21 heavy (non-hydrogen) atoms. The number of carbonyl (C=O) groups excluding carboxylic acids is 1. The van der Waals surface area contributed by atoms with E-state index in [4.69, 9.17) is 4.74 Å². The summed E-state index contributed by atoms with van der Waals surface area (Å²) in [5.74, 6) is -1.33. The van der Waals surface area contributed by atoms with E-state index in [1.165, 1.54) is 0 Å². The van der Waals surface area contributed by atoms with Crippen molar-refractivity contribution in [3.8, 4) is 0 Å². The van der Waals surface area contributed by atoms with Gasteiger partial charge in [0.1, 0.15) is 12.1 Å². The predicted octanol–water partition coefficient (Wildman–Crippen LogP) is 1.76. The number of amides is 1. The molecule has 0 aromatic heterocycles. The number of rotatable bonds is 6. The van der Waals surface area contributed by atoms with Crippen molar-refractivity contribution >= 4 is 11.9 Å². The van der Waals surface area contributed by atoms with Gasteiger partial charge in [-0.3, -0.25) is 4.79 Å². The van der Waals surface area contributed by atoms with Crippen molar-refractivity contribution in [2.24, 2.45) is 0 Å². The van der Waals surface area contributed by atoms with Gasteiger partial charge in [-0.15, -0.1) is 0 Å². The van der Waals surface area contributed by atoms with Gasteiger partial charge in [0, 0.05) is 0 Å². The standard InChI is InChI=1S/C16H21NO4/c1-11-7-10-14(21-11)15(18)17-13(16(19)20)9-8-12-5-3-2-4-6-12/h2-6,11,13-14H,7-10H2,1H3,(H,17,18)(H,19,20)/t11?,13-,14?/m0/s1. The zero-order valence-corrected chi connectivity index (χ0v) is 12.1. The highest BCUT2D eigenvalue weighted by atomic mass is 16.5. The van der Waals surface area contributed by atoms with Crippen LogP contribution in [0.4, 0.5) is 0 Å². The highest BCUT2D eigenvalue weighted by molar-refractivity contribution is 5.86. The molecule has 0 bridgehead atoms. The maximum Gasteiger partial charge on any atom is 0.326 e. The Bertz CT molecular complexity index is 488. The zero-order chi connectivity index (χ0) is 15.2. The van der Waals surface area contributed by atoms with Crippen LogP contribution in [0.3, 0.4) is 0 Å². The predicted molar refractivity (Wildman–Crippen MR) is 77.9 cm³/mol. The SMILES string of the molecule is CC1CCC(C(=O)N[C@@H](CCc2ccccc2)C(=O)O)O1. The second-order valence-corrected chi connectivity index (χ2v) is 5.44. The monoisotopic (exact) mass is 291 g/mol. The summed E-state index contributed by atoms with van der Waals surface area (Å²) >= 11 is 0. The minimum atomic E-state index is -1.01. The molecule has 0 saturated carbocycles. The van der Waals surface area contributed by atoms with E-state index < -0.39 is 18.1 Å². The molecule has 114 valence electrons. The normalized spacial score (nSPS) is 22.7. The highest BCUT2D eigenvalue weighted by Crippen LogP contribution is 2.19. The van der Waals surface area contributed by atoms with Crippen LogP contribution in [0.25, 0.3) is 0 Å². The summed E-state index contributed by atoms with van der Waals surface area (Å²) in [6, 6.07) is 8.76. The molecule has 0 aliphatic carbocycles. The van der Waals surface area contributed by atoms with Gasteiger partial charge >= 0.3 is 5.97 Å². The molecule has 1 amide bonds. The molecular weight excluding hydrogens is 270 g/mol. The van der Waals surface area contributed by atoms with Crippen molar-refractivity contribution in [2.75, 3.05) is 0 Å². The molecule has 5 nitrogen and oxygen atoms in total. The summed E-state index contributed by atoms with van der Waals surface area (Å²) in [6.45, 7) is 1.91. The van der Waals surface area contributed by atoms with E-state index in [-0.39, 0.29) is 12.0 Å². The molecule has 1 aliphatic heterocycles. The third kappa shape index (κ3) is 4.56. The molecule has 1 heterocycles. The van der Waals surface area contributed by atoms with Crippen molar-refractivity contribution in [3.05, 3.63) is 35.9 Å². The average Bonchev–Trinajstić information content (AvgIpc) is 2.90. The lowest BCUT2D eigenvalue weighted by atomic mass is 10.0. The minimum Gasteiger partial charge on any atom is -0.480 e. The van der Waals surface area contributed by atoms with Gasteiger partial charge in [0.2, 0.25) is 5.91 Å². The van der Waals surface area contributed by atoms with Crippen LogP contribution in [0.5, 0.6) is 0 Å². The molecule has 3 atom stereocenters. The van der Waals surface area contributed by atoms with Crippen molar-refractivity contribution in [2.45, 2.75) is 50.9 Å². The van der Waals surface area contributed by atoms with Crippen LogP contribution in [-0.2, 0) is 20.7 Å². The first-order chi connectivity index (χ1) is 10.1. The fourth-order valence-corrected chi connectivity index (χ4v) is 2.47. The number of hydrogen-bond acceptors (Lipinski definition) is 3. The Morgan fingerprint density at radius 1 is 1.33 bits per heavy atom. The van der Waals surface area contributed by atoms with E-state index in [1.807, 2.05) is 37.3 Å². The number of carbonyl (C=O) groups is 2. The van der Waals surface area contributed by atoms with E-state index in [1.54, 1.807) is 0 Å². The first-order valence-corrected chi connectivity index (χ1v) is 7.29. The summed E-state index contributed by atoms with van der Waals surface area (Å²) in [6.07, 6.45) is 2.01. The van der Waals surface area contributed by atoms with Gasteiger partial charge in [-0.1, -0.05) is 30.3 Å². The van der Waals surface area contributed by atoms with E-state index in [2.05, 4.69) is 5.32 Å². The quantitative estimate of drug-likeness (QED) is 0.837. The van der Waals surface area contributed by atoms with Crippen LogP contribution in [0.1, 0.15) is 31.7 Å². The van der Waals surface area contributed by atoms with Gasteiger partial charge < -0.3 is 15.2 Å². The van der Waals surface area contributed by atoms with Crippen LogP contribution < -0.4 is 5.32 Å². The number of ether oxygens (including phenoxy) is 1. The number of aryl methyl sites for hydroxylation is 1. The van der Waals surface area contributed by atoms with Crippen molar-refractivity contribution in [1.29, 1.82) is 0 Å². The maximum absolute atomic E-state index is 12.0. The van der Waals surface area contributed by atoms with Crippen molar-refractivity contribution in [3.63, 3.8) is 0 Å². The Kier molecular flexibility index (Phi) is 5.33. The Labute approximate surface area is 124 Å². The van der Waals surface area contributed by atoms with E-state index >= 15 is 0 Å². The fraction of sp³-hybridized carbons (Fsp3) is 0.500. The summed E-state index contributed by atoms with van der Waals surface area (Å²) in [5.41, 5.74) is 1.06. The lowest BCUT2D eigenvalue weighted by molar-refractivity contribution is -0.144. The first-order valence-electron chi connectivity index (χ1n) is 7.29. The molecule has 0 radical (unpaired) electrons. The van der Waals surface area contributed by atoms with Gasteiger partial charge in [-0.05, 0) is 38.2 Å². The minimum absolute atomic E-state index is 0.0633. The number of benzene rings is 1. The topological polar surface area (TPSA) is 75.6 Å². The van der Waals surface area contributed by atoms with Crippen LogP contribution in [0.15, 0.2) is 30.3 Å². The molecule has 1 aromatic rings. The number of aliphatic carboxylic acids is 1. The second-order valence-electron chi connectivity index (χ2n) is 5.44. The van der Waals surface area contributed by atoms with Gasteiger partial charge in [-0.2, -0.15) is 0 Å². The number of carboxylic acids is 1. The van der Waals surface area contributed by atoms with Crippen molar-refractivity contribution < 1.29 is 19.4 Å². The summed E-state index contributed by atoms with van der Waals surface area (Å²) in [7, 11) is 0. The molecule has 2 unspecified atom stereocenters. The molecule has 1 saturated heterocycles. The Hall–Kier alpha value is -1.88. The molecule has 1 aliphatic rings. The average molecular weight is 291 g/mol. The first kappa shape index (κ1) is 15.5. The summed E-state index contributed by atoms with van der Waals surface area (Å²) < 4.78 is 5.46. The number of carboxylic acid groups (broad SMARTS) is 1. The van der Waals surface area contributed by atoms with Gasteiger partial charge in [0.25, 0.3) is 0 Å². The largest absolute Gasteiger partial charge is 0.480 e. The van der Waals surface area contributed by atoms with E-state index in [9.17, 15) is 14.7 Å². The molecule has 0 spiro atoms. The summed E-state index contributed by atoms with van der Waals surface area (Å²) in [4.78, 5) is 23.3. The molecule has 2 rings (SSSR count). The fourth-order valence-electron chi connectivity index (χ4n) is 2.47. The van der Waals surface area contributed by atoms with Gasteiger partial charge in [0.05, 0.1) is 6.10 Å². The lowest BCUT2D eigenvalue weighted by Crippen LogP contribution is -2.45. The van der Waals surface area contributed by atoms with Crippen LogP contribution in [0, 0.1) is 0 Å². The van der Waals surface area contributed by atoms with Gasteiger partial charge in [0.15, 0.2) is 0 Å². The highest BCUT2D eigenvalue weighted by Gasteiger charge is 2.30. The second kappa shape index (κ2) is 7.22. The smallest absolute Gasteiger partial charge is 0.326 e. The molecule has 2 N–H and O–H groups in total. The van der Waals surface area contributed by atoms with Crippen LogP contribution >= 0.6 is 0 Å². The zero-order valence-electron chi connectivity index (χ0n) is 12.1. The number of hydrogen-bond donors (Lipinski definition) is 2. The maximum atomic E-state index is 12.0. The van der Waals surface area contributed by atoms with Crippen LogP contribution in [0.2, 0.25) is 0 Å². The molecule has 5 heteroatoms. The third-order valence-electron chi connectivity index (χ3n) is 3.70. The third-order valence-corrected chi connectivity index (χ3v) is 3.70. The van der Waals surface area contributed by atoms with E-state index in [0.29, 0.717) is 19.3 Å². The molecule has 1 aromatic carbocycles. The van der Waals surface area contributed by atoms with E-state index in [0.717, 1.165) is 12.0 Å². The molecule has 1 fully saturated rings. The van der Waals surface area contributed by atoms with Gasteiger partial charge in [-0.25, -0.2) is 4.79 Å². The summed E-state index contributed by atoms with van der Waals surface area (Å²) in [5, 5.41) is 11.8. The molecular formula is C16H21NO4. The number of nitrogens with one attached hydrogen (secondary N) is 1. The Morgan fingerprint density at radius 3 is 2.62 bits per heavy atom. The lowest BCUT2D eigenvalue weighted by Gasteiger charge is -2.17. The van der Waals surface area contributed by atoms with Crippen molar-refractivity contribution in [1.82, 2.24) is 5.32 Å². The Morgan fingerprint density at radius 2 is 2.05 bits per heavy atom.